The van der Waals surface area contributed by atoms with E-state index in [0.717, 1.165) is 37.9 Å². The molecule has 2 fully saturated rings. The van der Waals surface area contributed by atoms with Crippen LogP contribution in [0.25, 0.3) is 0 Å². The fourth-order valence-electron chi connectivity index (χ4n) is 2.48. The van der Waals surface area contributed by atoms with Crippen LogP contribution in [-0.4, -0.2) is 50.8 Å². The lowest BCUT2D eigenvalue weighted by Crippen LogP contribution is -2.51. The average molecular weight is 222 g/mol. The monoisotopic (exact) mass is 222 g/mol. The van der Waals surface area contributed by atoms with E-state index in [1.54, 1.807) is 0 Å². The first kappa shape index (κ1) is 10.2. The van der Waals surface area contributed by atoms with E-state index < -0.39 is 0 Å². The fourth-order valence-corrected chi connectivity index (χ4v) is 2.48. The van der Waals surface area contributed by atoms with E-state index in [1.807, 2.05) is 7.05 Å². The molecule has 1 saturated heterocycles. The topological polar surface area (TPSA) is 58.9 Å². The third kappa shape index (κ3) is 2.08. The van der Waals surface area contributed by atoms with Gasteiger partial charge in [-0.3, -0.25) is 4.90 Å². The highest BCUT2D eigenvalue weighted by molar-refractivity contribution is 4.93. The first-order valence-electron chi connectivity index (χ1n) is 6.00. The van der Waals surface area contributed by atoms with Gasteiger partial charge in [-0.05, 0) is 24.0 Å². The molecular weight excluding hydrogens is 204 g/mol. The van der Waals surface area contributed by atoms with Crippen molar-refractivity contribution in [1.29, 1.82) is 0 Å². The molecule has 0 bridgehead atoms. The maximum Gasteiger partial charge on any atom is 0.188 e. The molecular formula is C10H18N6. The highest BCUT2D eigenvalue weighted by Crippen LogP contribution is 2.36. The molecule has 2 aliphatic rings. The molecule has 2 heterocycles. The van der Waals surface area contributed by atoms with Crippen molar-refractivity contribution in [2.75, 3.05) is 19.6 Å². The Kier molecular flexibility index (Phi) is 2.61. The van der Waals surface area contributed by atoms with Gasteiger partial charge in [0.05, 0.1) is 13.6 Å². The van der Waals surface area contributed by atoms with E-state index >= 15 is 0 Å². The lowest BCUT2D eigenvalue weighted by Gasteiger charge is -2.35. The number of hydrogen-bond acceptors (Lipinski definition) is 5. The molecule has 3 rings (SSSR count). The van der Waals surface area contributed by atoms with Crippen molar-refractivity contribution < 1.29 is 0 Å². The highest BCUT2D eigenvalue weighted by Gasteiger charge is 2.36. The number of tetrazole rings is 1. The summed E-state index contributed by atoms with van der Waals surface area (Å²) < 4.78 is 0. The van der Waals surface area contributed by atoms with Crippen LogP contribution in [0.4, 0.5) is 0 Å². The second-order valence-corrected chi connectivity index (χ2v) is 4.77. The Morgan fingerprint density at radius 3 is 3.00 bits per heavy atom. The molecule has 16 heavy (non-hydrogen) atoms. The van der Waals surface area contributed by atoms with Gasteiger partial charge in [0, 0.05) is 25.7 Å². The van der Waals surface area contributed by atoms with E-state index in [1.165, 1.54) is 17.6 Å². The predicted octanol–water partition coefficient (Wildman–Crippen LogP) is -0.606. The number of aromatic nitrogens is 4. The van der Waals surface area contributed by atoms with E-state index in [4.69, 9.17) is 0 Å². The largest absolute Gasteiger partial charge is 0.314 e. The summed E-state index contributed by atoms with van der Waals surface area (Å²) in [4.78, 5) is 4.04. The Morgan fingerprint density at radius 1 is 1.44 bits per heavy atom. The van der Waals surface area contributed by atoms with Crippen molar-refractivity contribution in [2.24, 2.45) is 13.0 Å². The van der Waals surface area contributed by atoms with Crippen LogP contribution >= 0.6 is 0 Å². The SMILES string of the molecule is Cn1nnc(CN2CCNCC2C2CC2)n1. The zero-order valence-electron chi connectivity index (χ0n) is 9.63. The predicted molar refractivity (Wildman–Crippen MR) is 58.6 cm³/mol. The standard InChI is InChI=1S/C10H18N6/c1-15-13-10(12-14-15)7-16-5-4-11-6-9(16)8-2-3-8/h8-9,11H,2-7H2,1H3. The molecule has 1 aromatic heterocycles. The van der Waals surface area contributed by atoms with Crippen molar-refractivity contribution in [3.05, 3.63) is 5.82 Å². The smallest absolute Gasteiger partial charge is 0.188 e. The van der Waals surface area contributed by atoms with Gasteiger partial charge < -0.3 is 5.32 Å². The summed E-state index contributed by atoms with van der Waals surface area (Å²) in [5.41, 5.74) is 0. The van der Waals surface area contributed by atoms with Gasteiger partial charge >= 0.3 is 0 Å². The zero-order valence-corrected chi connectivity index (χ0v) is 9.63. The van der Waals surface area contributed by atoms with Gasteiger partial charge in [0.25, 0.3) is 0 Å². The molecule has 1 N–H and O–H groups in total. The van der Waals surface area contributed by atoms with Crippen molar-refractivity contribution in [3.8, 4) is 0 Å². The fraction of sp³-hybridized carbons (Fsp3) is 0.900. The number of piperazine rings is 1. The summed E-state index contributed by atoms with van der Waals surface area (Å²) in [5, 5.41) is 15.7. The summed E-state index contributed by atoms with van der Waals surface area (Å²) in [6, 6.07) is 0.678. The number of aryl methyl sites for hydroxylation is 1. The van der Waals surface area contributed by atoms with Crippen LogP contribution in [-0.2, 0) is 13.6 Å². The van der Waals surface area contributed by atoms with Crippen LogP contribution in [0.5, 0.6) is 0 Å². The van der Waals surface area contributed by atoms with Crippen LogP contribution < -0.4 is 5.32 Å². The first-order chi connectivity index (χ1) is 7.83. The van der Waals surface area contributed by atoms with Crippen molar-refractivity contribution >= 4 is 0 Å². The van der Waals surface area contributed by atoms with Crippen molar-refractivity contribution in [2.45, 2.75) is 25.4 Å². The molecule has 0 aromatic carbocycles. The van der Waals surface area contributed by atoms with E-state index in [9.17, 15) is 0 Å². The van der Waals surface area contributed by atoms with E-state index in [-0.39, 0.29) is 0 Å². The minimum Gasteiger partial charge on any atom is -0.314 e. The normalized spacial score (nSPS) is 27.2. The summed E-state index contributed by atoms with van der Waals surface area (Å²) in [6.45, 7) is 4.13. The van der Waals surface area contributed by atoms with Crippen LogP contribution in [0.2, 0.25) is 0 Å². The van der Waals surface area contributed by atoms with Gasteiger partial charge in [-0.15, -0.1) is 10.2 Å². The minimum absolute atomic E-state index is 0.678. The molecule has 88 valence electrons. The maximum absolute atomic E-state index is 4.25. The summed E-state index contributed by atoms with van der Waals surface area (Å²) in [6.07, 6.45) is 2.77. The lowest BCUT2D eigenvalue weighted by atomic mass is 10.1. The van der Waals surface area contributed by atoms with Crippen LogP contribution in [0.15, 0.2) is 0 Å². The Bertz CT molecular complexity index is 358. The summed E-state index contributed by atoms with van der Waals surface area (Å²) in [7, 11) is 1.81. The number of nitrogens with one attached hydrogen (secondary N) is 1. The van der Waals surface area contributed by atoms with Gasteiger partial charge in [-0.25, -0.2) is 0 Å². The second kappa shape index (κ2) is 4.10. The Balaban J connectivity index is 1.67. The molecule has 1 unspecified atom stereocenters. The van der Waals surface area contributed by atoms with Gasteiger partial charge in [-0.1, -0.05) is 0 Å². The van der Waals surface area contributed by atoms with E-state index in [0.29, 0.717) is 6.04 Å². The van der Waals surface area contributed by atoms with Crippen LogP contribution in [0, 0.1) is 5.92 Å². The van der Waals surface area contributed by atoms with Crippen molar-refractivity contribution in [3.63, 3.8) is 0 Å². The molecule has 0 amide bonds. The highest BCUT2D eigenvalue weighted by atomic mass is 15.6. The van der Waals surface area contributed by atoms with E-state index in [2.05, 4.69) is 25.6 Å². The molecule has 1 aliphatic carbocycles. The summed E-state index contributed by atoms with van der Waals surface area (Å²) in [5.74, 6) is 1.74. The number of hydrogen-bond donors (Lipinski definition) is 1. The number of rotatable bonds is 3. The first-order valence-corrected chi connectivity index (χ1v) is 6.00. The summed E-state index contributed by atoms with van der Waals surface area (Å²) >= 11 is 0. The van der Waals surface area contributed by atoms with Gasteiger partial charge in [0.15, 0.2) is 5.82 Å². The van der Waals surface area contributed by atoms with Gasteiger partial charge in [-0.2, -0.15) is 4.80 Å². The lowest BCUT2D eigenvalue weighted by molar-refractivity contribution is 0.132. The second-order valence-electron chi connectivity index (χ2n) is 4.77. The van der Waals surface area contributed by atoms with Gasteiger partial charge in [0.1, 0.15) is 0 Å². The molecule has 1 aliphatic heterocycles. The molecule has 0 spiro atoms. The minimum atomic E-state index is 0.678. The molecule has 1 saturated carbocycles. The van der Waals surface area contributed by atoms with Crippen LogP contribution in [0.1, 0.15) is 18.7 Å². The van der Waals surface area contributed by atoms with Crippen molar-refractivity contribution in [1.82, 2.24) is 30.4 Å². The molecule has 0 radical (unpaired) electrons. The molecule has 6 nitrogen and oxygen atoms in total. The molecule has 1 aromatic rings. The Hall–Kier alpha value is -1.01. The quantitative estimate of drug-likeness (QED) is 0.739. The third-order valence-electron chi connectivity index (χ3n) is 3.46. The molecule has 1 atom stereocenters. The van der Waals surface area contributed by atoms with Gasteiger partial charge in [0.2, 0.25) is 0 Å². The molecule has 6 heteroatoms. The maximum atomic E-state index is 4.25. The number of nitrogens with zero attached hydrogens (tertiary/aromatic N) is 5. The zero-order chi connectivity index (χ0) is 11.0. The average Bonchev–Trinajstić information content (AvgIpc) is 3.04. The Morgan fingerprint density at radius 2 is 2.31 bits per heavy atom. The third-order valence-corrected chi connectivity index (χ3v) is 3.46. The Labute approximate surface area is 95.0 Å². The van der Waals surface area contributed by atoms with Crippen LogP contribution in [0.3, 0.4) is 0 Å².